The molecule has 0 atom stereocenters. The minimum absolute atomic E-state index is 0.422. The van der Waals surface area contributed by atoms with Crippen molar-refractivity contribution in [1.82, 2.24) is 0 Å². The van der Waals surface area contributed by atoms with Gasteiger partial charge in [0.25, 0.3) is 6.47 Å². The molecule has 0 aromatic carbocycles. The minimum atomic E-state index is -0.490. The predicted molar refractivity (Wildman–Crippen MR) is 33.1 cm³/mol. The molecule has 0 amide bonds. The zero-order valence-electron chi connectivity index (χ0n) is 6.01. The number of carbonyl (C=O) groups excluding carboxylic acids is 1. The van der Waals surface area contributed by atoms with E-state index in [4.69, 9.17) is 4.74 Å². The van der Waals surface area contributed by atoms with Crippen molar-refractivity contribution < 1.29 is 14.3 Å². The lowest BCUT2D eigenvalue weighted by molar-refractivity contribution is -0.144. The van der Waals surface area contributed by atoms with Gasteiger partial charge in [-0.2, -0.15) is 0 Å². The standard InChI is InChI=1S/C6H12O3/c1-6(2,4-8-3)9-5-7/h5H,4H2,1-3H3. The van der Waals surface area contributed by atoms with Gasteiger partial charge in [0.05, 0.1) is 6.61 Å². The molecule has 0 aliphatic rings. The molecule has 9 heavy (non-hydrogen) atoms. The van der Waals surface area contributed by atoms with Crippen molar-refractivity contribution in [1.29, 1.82) is 0 Å². The van der Waals surface area contributed by atoms with Crippen LogP contribution in [0.1, 0.15) is 13.8 Å². The molecule has 0 rings (SSSR count). The molecule has 0 bridgehead atoms. The van der Waals surface area contributed by atoms with Gasteiger partial charge in [-0.3, -0.25) is 4.79 Å². The molecule has 0 aliphatic heterocycles. The Morgan fingerprint density at radius 3 is 2.44 bits per heavy atom. The van der Waals surface area contributed by atoms with E-state index in [1.165, 1.54) is 0 Å². The van der Waals surface area contributed by atoms with E-state index >= 15 is 0 Å². The van der Waals surface area contributed by atoms with Crippen LogP contribution in [-0.4, -0.2) is 25.8 Å². The second kappa shape index (κ2) is 3.45. The predicted octanol–water partition coefficient (Wildman–Crippen LogP) is 0.584. The van der Waals surface area contributed by atoms with Gasteiger partial charge in [0.1, 0.15) is 5.60 Å². The van der Waals surface area contributed by atoms with Crippen LogP contribution in [0.2, 0.25) is 0 Å². The summed E-state index contributed by atoms with van der Waals surface area (Å²) in [5.41, 5.74) is -0.490. The van der Waals surface area contributed by atoms with Crippen LogP contribution in [0.3, 0.4) is 0 Å². The summed E-state index contributed by atoms with van der Waals surface area (Å²) in [6, 6.07) is 0. The molecule has 0 aliphatic carbocycles. The van der Waals surface area contributed by atoms with Crippen LogP contribution in [0.25, 0.3) is 0 Å². The van der Waals surface area contributed by atoms with E-state index in [2.05, 4.69) is 4.74 Å². The van der Waals surface area contributed by atoms with Gasteiger partial charge >= 0.3 is 0 Å². The molecule has 0 saturated heterocycles. The van der Waals surface area contributed by atoms with Crippen LogP contribution in [-0.2, 0) is 14.3 Å². The average Bonchev–Trinajstić information content (AvgIpc) is 1.64. The molecule has 0 unspecified atom stereocenters. The highest BCUT2D eigenvalue weighted by molar-refractivity contribution is 5.38. The van der Waals surface area contributed by atoms with E-state index in [1.807, 2.05) is 0 Å². The summed E-state index contributed by atoms with van der Waals surface area (Å²) >= 11 is 0. The second-order valence-electron chi connectivity index (χ2n) is 2.41. The maximum absolute atomic E-state index is 9.82. The summed E-state index contributed by atoms with van der Waals surface area (Å²) in [5, 5.41) is 0. The molecule has 3 nitrogen and oxygen atoms in total. The number of rotatable bonds is 4. The molecule has 0 saturated carbocycles. The fraction of sp³-hybridized carbons (Fsp3) is 0.833. The Morgan fingerprint density at radius 2 is 2.11 bits per heavy atom. The molecule has 0 heterocycles. The largest absolute Gasteiger partial charge is 0.459 e. The lowest BCUT2D eigenvalue weighted by Gasteiger charge is -2.20. The smallest absolute Gasteiger partial charge is 0.293 e. The van der Waals surface area contributed by atoms with Crippen molar-refractivity contribution in [2.75, 3.05) is 13.7 Å². The first-order chi connectivity index (χ1) is 4.12. The van der Waals surface area contributed by atoms with E-state index in [1.54, 1.807) is 21.0 Å². The first kappa shape index (κ1) is 8.43. The van der Waals surface area contributed by atoms with Crippen LogP contribution >= 0.6 is 0 Å². The summed E-state index contributed by atoms with van der Waals surface area (Å²) < 4.78 is 9.44. The van der Waals surface area contributed by atoms with Gasteiger partial charge in [0, 0.05) is 7.11 Å². The Hall–Kier alpha value is -0.570. The minimum Gasteiger partial charge on any atom is -0.459 e. The van der Waals surface area contributed by atoms with Crippen molar-refractivity contribution in [2.24, 2.45) is 0 Å². The van der Waals surface area contributed by atoms with Gasteiger partial charge in [-0.05, 0) is 13.8 Å². The third-order valence-electron chi connectivity index (χ3n) is 0.859. The molecule has 54 valence electrons. The summed E-state index contributed by atoms with van der Waals surface area (Å²) in [6.45, 7) is 4.42. The Bertz CT molecular complexity index is 88.3. The Morgan fingerprint density at radius 1 is 1.56 bits per heavy atom. The van der Waals surface area contributed by atoms with E-state index in [9.17, 15) is 4.79 Å². The van der Waals surface area contributed by atoms with Crippen molar-refractivity contribution >= 4 is 6.47 Å². The first-order valence-corrected chi connectivity index (χ1v) is 2.73. The van der Waals surface area contributed by atoms with Crippen molar-refractivity contribution in [3.05, 3.63) is 0 Å². The number of hydrogen-bond acceptors (Lipinski definition) is 3. The van der Waals surface area contributed by atoms with Crippen LogP contribution in [0, 0.1) is 0 Å². The Labute approximate surface area is 55.0 Å². The lowest BCUT2D eigenvalue weighted by Crippen LogP contribution is -2.29. The summed E-state index contributed by atoms with van der Waals surface area (Å²) in [7, 11) is 1.57. The average molecular weight is 132 g/mol. The maximum Gasteiger partial charge on any atom is 0.293 e. The number of ether oxygens (including phenoxy) is 2. The van der Waals surface area contributed by atoms with Crippen molar-refractivity contribution in [2.45, 2.75) is 19.4 Å². The zero-order valence-corrected chi connectivity index (χ0v) is 6.01. The maximum atomic E-state index is 9.82. The number of methoxy groups -OCH3 is 1. The van der Waals surface area contributed by atoms with Gasteiger partial charge in [-0.25, -0.2) is 0 Å². The van der Waals surface area contributed by atoms with Crippen LogP contribution in [0.5, 0.6) is 0 Å². The molecule has 0 spiro atoms. The molecule has 0 fully saturated rings. The zero-order chi connectivity index (χ0) is 7.33. The van der Waals surface area contributed by atoms with Crippen LogP contribution in [0.15, 0.2) is 0 Å². The highest BCUT2D eigenvalue weighted by atomic mass is 16.6. The van der Waals surface area contributed by atoms with Crippen LogP contribution in [0.4, 0.5) is 0 Å². The van der Waals surface area contributed by atoms with Gasteiger partial charge in [0.2, 0.25) is 0 Å². The molecule has 0 aromatic rings. The summed E-state index contributed by atoms with van der Waals surface area (Å²) in [5.74, 6) is 0. The molecule has 0 radical (unpaired) electrons. The van der Waals surface area contributed by atoms with E-state index in [0.717, 1.165) is 0 Å². The molecular formula is C6H12O3. The third-order valence-corrected chi connectivity index (χ3v) is 0.859. The second-order valence-corrected chi connectivity index (χ2v) is 2.41. The number of hydrogen-bond donors (Lipinski definition) is 0. The Kier molecular flexibility index (Phi) is 3.24. The summed E-state index contributed by atoms with van der Waals surface area (Å²) in [4.78, 5) is 9.82. The van der Waals surface area contributed by atoms with Crippen molar-refractivity contribution in [3.8, 4) is 0 Å². The monoisotopic (exact) mass is 132 g/mol. The summed E-state index contributed by atoms with van der Waals surface area (Å²) in [6.07, 6.45) is 0. The van der Waals surface area contributed by atoms with Crippen LogP contribution < -0.4 is 0 Å². The fourth-order valence-corrected chi connectivity index (χ4v) is 0.512. The Balaban J connectivity index is 3.55. The molecular weight excluding hydrogens is 120 g/mol. The first-order valence-electron chi connectivity index (χ1n) is 2.73. The molecule has 3 heteroatoms. The fourth-order valence-electron chi connectivity index (χ4n) is 0.512. The van der Waals surface area contributed by atoms with Gasteiger partial charge < -0.3 is 9.47 Å². The molecule has 0 aromatic heterocycles. The SMILES string of the molecule is COCC(C)(C)OC=O. The highest BCUT2D eigenvalue weighted by Gasteiger charge is 2.17. The third kappa shape index (κ3) is 3.97. The van der Waals surface area contributed by atoms with E-state index in [-0.39, 0.29) is 0 Å². The number of carbonyl (C=O) groups is 1. The van der Waals surface area contributed by atoms with Crippen molar-refractivity contribution in [3.63, 3.8) is 0 Å². The van der Waals surface area contributed by atoms with Gasteiger partial charge in [0.15, 0.2) is 0 Å². The van der Waals surface area contributed by atoms with Gasteiger partial charge in [-0.15, -0.1) is 0 Å². The van der Waals surface area contributed by atoms with E-state index < -0.39 is 5.60 Å². The highest BCUT2D eigenvalue weighted by Crippen LogP contribution is 2.06. The topological polar surface area (TPSA) is 35.5 Å². The lowest BCUT2D eigenvalue weighted by atomic mass is 10.2. The van der Waals surface area contributed by atoms with E-state index in [0.29, 0.717) is 13.1 Å². The normalized spacial score (nSPS) is 11.0. The quantitative estimate of drug-likeness (QED) is 0.525. The van der Waals surface area contributed by atoms with Gasteiger partial charge in [-0.1, -0.05) is 0 Å². The molecule has 0 N–H and O–H groups in total.